The minimum atomic E-state index is -0.237. The lowest BCUT2D eigenvalue weighted by Crippen LogP contribution is -1.89. The van der Waals surface area contributed by atoms with E-state index in [-0.39, 0.29) is 11.6 Å². The molecule has 1 aromatic heterocycles. The van der Waals surface area contributed by atoms with Crippen molar-refractivity contribution >= 4 is 16.7 Å². The molecule has 0 radical (unpaired) electrons. The van der Waals surface area contributed by atoms with Gasteiger partial charge in [0.15, 0.2) is 5.78 Å². The van der Waals surface area contributed by atoms with Gasteiger partial charge in [0.05, 0.1) is 5.52 Å². The first-order valence-corrected chi connectivity index (χ1v) is 4.77. The van der Waals surface area contributed by atoms with Gasteiger partial charge >= 0.3 is 0 Å². The van der Waals surface area contributed by atoms with Crippen LogP contribution in [0, 0.1) is 12.7 Å². The predicted octanol–water partition coefficient (Wildman–Crippen LogP) is 2.83. The highest BCUT2D eigenvalue weighted by Crippen LogP contribution is 2.24. The molecule has 0 N–H and O–H groups in total. The lowest BCUT2D eigenvalue weighted by Gasteiger charge is -1.99. The van der Waals surface area contributed by atoms with E-state index < -0.39 is 0 Å². The molecule has 0 aliphatic carbocycles. The van der Waals surface area contributed by atoms with Crippen LogP contribution in [0.4, 0.5) is 4.39 Å². The van der Waals surface area contributed by atoms with E-state index in [0.717, 1.165) is 10.9 Å². The van der Waals surface area contributed by atoms with Gasteiger partial charge < -0.3 is 4.57 Å². The standard InChI is InChI=1S/C12H12FNO/c1-7-4-9-10(8(2)15)6-14(3)12(9)5-11(7)13/h4-6H,1-3H3. The number of nitrogens with zero attached hydrogens (tertiary/aromatic N) is 1. The number of aromatic nitrogens is 1. The van der Waals surface area contributed by atoms with Crippen LogP contribution in [-0.2, 0) is 7.05 Å². The van der Waals surface area contributed by atoms with Crippen LogP contribution in [0.25, 0.3) is 10.9 Å². The van der Waals surface area contributed by atoms with E-state index in [9.17, 15) is 9.18 Å². The lowest BCUT2D eigenvalue weighted by atomic mass is 10.1. The maximum Gasteiger partial charge on any atom is 0.161 e. The number of aryl methyl sites for hydroxylation is 2. The summed E-state index contributed by atoms with van der Waals surface area (Å²) in [4.78, 5) is 11.4. The quantitative estimate of drug-likeness (QED) is 0.656. The van der Waals surface area contributed by atoms with Crippen molar-refractivity contribution in [3.63, 3.8) is 0 Å². The zero-order chi connectivity index (χ0) is 11.2. The van der Waals surface area contributed by atoms with Gasteiger partial charge in [0.1, 0.15) is 5.82 Å². The first-order chi connectivity index (χ1) is 7.00. The maximum absolute atomic E-state index is 13.3. The van der Waals surface area contributed by atoms with Crippen molar-refractivity contribution in [2.45, 2.75) is 13.8 Å². The van der Waals surface area contributed by atoms with Crippen molar-refractivity contribution < 1.29 is 9.18 Å². The summed E-state index contributed by atoms with van der Waals surface area (Å²) in [5.74, 6) is -0.231. The molecule has 0 aliphatic rings. The van der Waals surface area contributed by atoms with Crippen molar-refractivity contribution in [2.75, 3.05) is 0 Å². The van der Waals surface area contributed by atoms with Crippen molar-refractivity contribution in [3.05, 3.63) is 35.3 Å². The van der Waals surface area contributed by atoms with Crippen molar-refractivity contribution in [1.82, 2.24) is 4.57 Å². The highest BCUT2D eigenvalue weighted by Gasteiger charge is 2.12. The SMILES string of the molecule is CC(=O)c1cn(C)c2cc(F)c(C)cc12. The van der Waals surface area contributed by atoms with Crippen LogP contribution in [0.15, 0.2) is 18.3 Å². The molecule has 0 spiro atoms. The topological polar surface area (TPSA) is 22.0 Å². The summed E-state index contributed by atoms with van der Waals surface area (Å²) >= 11 is 0. The van der Waals surface area contributed by atoms with Gasteiger partial charge in [-0.2, -0.15) is 0 Å². The van der Waals surface area contributed by atoms with Crippen molar-refractivity contribution in [1.29, 1.82) is 0 Å². The summed E-state index contributed by atoms with van der Waals surface area (Å²) in [7, 11) is 1.81. The predicted molar refractivity (Wildman–Crippen MR) is 57.6 cm³/mol. The molecule has 0 saturated carbocycles. The van der Waals surface area contributed by atoms with Crippen molar-refractivity contribution in [2.24, 2.45) is 7.05 Å². The third kappa shape index (κ3) is 1.44. The average Bonchev–Trinajstić information content (AvgIpc) is 2.45. The van der Waals surface area contributed by atoms with Gasteiger partial charge in [0, 0.05) is 24.2 Å². The van der Waals surface area contributed by atoms with Gasteiger partial charge in [0.2, 0.25) is 0 Å². The van der Waals surface area contributed by atoms with E-state index in [2.05, 4.69) is 0 Å². The van der Waals surface area contributed by atoms with Gasteiger partial charge in [0.25, 0.3) is 0 Å². The molecule has 0 saturated heterocycles. The van der Waals surface area contributed by atoms with Crippen LogP contribution in [0.5, 0.6) is 0 Å². The molecule has 0 unspecified atom stereocenters. The highest BCUT2D eigenvalue weighted by molar-refractivity contribution is 6.07. The molecular weight excluding hydrogens is 193 g/mol. The molecule has 2 nitrogen and oxygen atoms in total. The van der Waals surface area contributed by atoms with Gasteiger partial charge in [-0.15, -0.1) is 0 Å². The van der Waals surface area contributed by atoms with E-state index in [0.29, 0.717) is 11.1 Å². The van der Waals surface area contributed by atoms with Gasteiger partial charge in [-0.05, 0) is 31.5 Å². The van der Waals surface area contributed by atoms with Crippen molar-refractivity contribution in [3.8, 4) is 0 Å². The number of carbonyl (C=O) groups excluding carboxylic acids is 1. The van der Waals surface area contributed by atoms with E-state index in [4.69, 9.17) is 0 Å². The van der Waals surface area contributed by atoms with Crippen LogP contribution >= 0.6 is 0 Å². The Labute approximate surface area is 87.3 Å². The smallest absolute Gasteiger partial charge is 0.161 e. The highest BCUT2D eigenvalue weighted by atomic mass is 19.1. The van der Waals surface area contributed by atoms with Gasteiger partial charge in [-0.25, -0.2) is 4.39 Å². The third-order valence-electron chi connectivity index (χ3n) is 2.65. The Morgan fingerprint density at radius 1 is 1.40 bits per heavy atom. The van der Waals surface area contributed by atoms with Gasteiger partial charge in [-0.3, -0.25) is 4.79 Å². The molecule has 78 valence electrons. The molecule has 0 fully saturated rings. The molecule has 0 bridgehead atoms. The molecule has 1 aromatic carbocycles. The number of hydrogen-bond donors (Lipinski definition) is 0. The minimum Gasteiger partial charge on any atom is -0.350 e. The monoisotopic (exact) mass is 205 g/mol. The second-order valence-corrected chi connectivity index (χ2v) is 3.83. The van der Waals surface area contributed by atoms with Gasteiger partial charge in [-0.1, -0.05) is 0 Å². The molecule has 1 heterocycles. The Morgan fingerprint density at radius 2 is 2.07 bits per heavy atom. The zero-order valence-electron chi connectivity index (χ0n) is 8.97. The molecule has 0 aliphatic heterocycles. The Morgan fingerprint density at radius 3 is 2.67 bits per heavy atom. The number of Topliss-reactive ketones (excluding diaryl/α,β-unsaturated/α-hetero) is 1. The molecule has 2 aromatic rings. The van der Waals surface area contributed by atoms with E-state index in [1.165, 1.54) is 13.0 Å². The number of carbonyl (C=O) groups is 1. The first kappa shape index (κ1) is 9.90. The summed E-state index contributed by atoms with van der Waals surface area (Å²) in [6.07, 6.45) is 1.74. The Kier molecular flexibility index (Phi) is 2.11. The molecule has 3 heteroatoms. The largest absolute Gasteiger partial charge is 0.350 e. The zero-order valence-corrected chi connectivity index (χ0v) is 8.97. The van der Waals surface area contributed by atoms with Crippen LogP contribution in [0.3, 0.4) is 0 Å². The first-order valence-electron chi connectivity index (χ1n) is 4.77. The lowest BCUT2D eigenvalue weighted by molar-refractivity contribution is 0.101. The summed E-state index contributed by atoms with van der Waals surface area (Å²) in [5, 5.41) is 0.823. The van der Waals surface area contributed by atoms with E-state index in [1.807, 2.05) is 7.05 Å². The van der Waals surface area contributed by atoms with Crippen LogP contribution < -0.4 is 0 Å². The van der Waals surface area contributed by atoms with Crippen LogP contribution in [0.1, 0.15) is 22.8 Å². The number of benzene rings is 1. The normalized spacial score (nSPS) is 10.9. The van der Waals surface area contributed by atoms with E-state index in [1.54, 1.807) is 23.8 Å². The molecule has 0 atom stereocenters. The van der Waals surface area contributed by atoms with Crippen LogP contribution in [-0.4, -0.2) is 10.4 Å². The Bertz CT molecular complexity index is 554. The third-order valence-corrected chi connectivity index (χ3v) is 2.65. The number of rotatable bonds is 1. The molecule has 0 amide bonds. The second-order valence-electron chi connectivity index (χ2n) is 3.83. The molecule has 15 heavy (non-hydrogen) atoms. The maximum atomic E-state index is 13.3. The fraction of sp³-hybridized carbons (Fsp3) is 0.250. The number of ketones is 1. The summed E-state index contributed by atoms with van der Waals surface area (Å²) in [6, 6.07) is 3.19. The Hall–Kier alpha value is -1.64. The summed E-state index contributed by atoms with van der Waals surface area (Å²) in [5.41, 5.74) is 1.97. The summed E-state index contributed by atoms with van der Waals surface area (Å²) < 4.78 is 15.1. The Balaban J connectivity index is 2.88. The minimum absolute atomic E-state index is 0.00612. The van der Waals surface area contributed by atoms with E-state index >= 15 is 0 Å². The molecular formula is C12H12FNO. The second kappa shape index (κ2) is 3.19. The number of fused-ring (bicyclic) bond motifs is 1. The number of halogens is 1. The van der Waals surface area contributed by atoms with Crippen LogP contribution in [0.2, 0.25) is 0 Å². The fourth-order valence-corrected chi connectivity index (χ4v) is 1.79. The molecule has 2 rings (SSSR count). The summed E-state index contributed by atoms with van der Waals surface area (Å²) in [6.45, 7) is 3.22. The fourth-order valence-electron chi connectivity index (χ4n) is 1.79. The average molecular weight is 205 g/mol. The number of hydrogen-bond acceptors (Lipinski definition) is 1.